The smallest absolute Gasteiger partial charge is 0.387 e. The molecule has 0 spiro atoms. The normalized spacial score (nSPS) is 10.7. The van der Waals surface area contributed by atoms with Gasteiger partial charge in [-0.1, -0.05) is 12.1 Å². The molecule has 3 aromatic rings. The third-order valence-electron chi connectivity index (χ3n) is 4.07. The van der Waals surface area contributed by atoms with Crippen LogP contribution in [0.5, 0.6) is 5.75 Å². The zero-order valence-electron chi connectivity index (χ0n) is 15.8. The summed E-state index contributed by atoms with van der Waals surface area (Å²) in [5.74, 6) is -2.53. The van der Waals surface area contributed by atoms with Crippen LogP contribution in [-0.2, 0) is 0 Å². The molecule has 0 saturated carbocycles. The van der Waals surface area contributed by atoms with Gasteiger partial charge in [-0.15, -0.1) is 11.8 Å². The van der Waals surface area contributed by atoms with Crippen LogP contribution in [0.4, 0.5) is 23.2 Å². The molecule has 0 unspecified atom stereocenters. The van der Waals surface area contributed by atoms with E-state index in [1.54, 1.807) is 18.2 Å². The van der Waals surface area contributed by atoms with Gasteiger partial charge in [0.2, 0.25) is 0 Å². The van der Waals surface area contributed by atoms with Crippen molar-refractivity contribution in [2.45, 2.75) is 11.5 Å². The van der Waals surface area contributed by atoms with Gasteiger partial charge in [-0.05, 0) is 48.5 Å². The van der Waals surface area contributed by atoms with Crippen LogP contribution in [0.25, 0.3) is 0 Å². The van der Waals surface area contributed by atoms with E-state index >= 15 is 0 Å². The summed E-state index contributed by atoms with van der Waals surface area (Å²) in [6.45, 7) is -2.96. The van der Waals surface area contributed by atoms with E-state index in [2.05, 4.69) is 10.1 Å². The van der Waals surface area contributed by atoms with Crippen molar-refractivity contribution in [3.63, 3.8) is 0 Å². The number of alkyl halides is 2. The molecule has 0 heterocycles. The molecule has 31 heavy (non-hydrogen) atoms. The molecule has 3 aromatic carbocycles. The number of ether oxygens (including phenoxy) is 1. The Morgan fingerprint density at radius 1 is 0.968 bits per heavy atom. The van der Waals surface area contributed by atoms with Crippen LogP contribution in [-0.4, -0.2) is 24.1 Å². The number of hydrogen-bond donors (Lipinski definition) is 1. The monoisotopic (exact) mass is 449 g/mol. The van der Waals surface area contributed by atoms with Crippen LogP contribution in [0, 0.1) is 11.6 Å². The van der Waals surface area contributed by atoms with E-state index in [1.807, 2.05) is 0 Å². The van der Waals surface area contributed by atoms with Crippen LogP contribution < -0.4 is 10.1 Å². The Morgan fingerprint density at radius 2 is 1.68 bits per heavy atom. The first-order chi connectivity index (χ1) is 14.8. The van der Waals surface area contributed by atoms with Crippen molar-refractivity contribution >= 4 is 29.1 Å². The lowest BCUT2D eigenvalue weighted by Gasteiger charge is -2.11. The van der Waals surface area contributed by atoms with E-state index < -0.39 is 24.2 Å². The average Bonchev–Trinajstić information content (AvgIpc) is 2.75. The van der Waals surface area contributed by atoms with Crippen molar-refractivity contribution in [3.8, 4) is 5.75 Å². The van der Waals surface area contributed by atoms with Crippen LogP contribution in [0.1, 0.15) is 20.7 Å². The van der Waals surface area contributed by atoms with E-state index in [9.17, 15) is 27.2 Å². The van der Waals surface area contributed by atoms with E-state index in [0.717, 1.165) is 30.0 Å². The minimum atomic E-state index is -2.96. The predicted molar refractivity (Wildman–Crippen MR) is 109 cm³/mol. The lowest BCUT2D eigenvalue weighted by molar-refractivity contribution is -0.0498. The maximum atomic E-state index is 13.8. The Morgan fingerprint density at radius 3 is 2.39 bits per heavy atom. The maximum absolute atomic E-state index is 13.8. The number of Topliss-reactive ketones (excluding diaryl/α,β-unsaturated/α-hetero) is 1. The summed E-state index contributed by atoms with van der Waals surface area (Å²) in [5, 5.41) is 2.32. The molecule has 0 aliphatic heterocycles. The summed E-state index contributed by atoms with van der Waals surface area (Å²) in [6.07, 6.45) is 0. The van der Waals surface area contributed by atoms with Crippen molar-refractivity contribution in [1.29, 1.82) is 0 Å². The Bertz CT molecular complexity index is 1090. The fourth-order valence-corrected chi connectivity index (χ4v) is 3.56. The molecule has 0 radical (unpaired) electrons. The van der Waals surface area contributed by atoms with Crippen molar-refractivity contribution in [3.05, 3.63) is 89.5 Å². The van der Waals surface area contributed by atoms with Gasteiger partial charge in [0.25, 0.3) is 5.91 Å². The molecule has 0 aromatic heterocycles. The van der Waals surface area contributed by atoms with Crippen LogP contribution in [0.2, 0.25) is 0 Å². The quantitative estimate of drug-likeness (QED) is 0.269. The zero-order valence-corrected chi connectivity index (χ0v) is 16.6. The first-order valence-electron chi connectivity index (χ1n) is 8.90. The Labute approximate surface area is 179 Å². The lowest BCUT2D eigenvalue weighted by Crippen LogP contribution is -2.14. The minimum Gasteiger partial charge on any atom is -0.435 e. The minimum absolute atomic E-state index is 0.0341. The summed E-state index contributed by atoms with van der Waals surface area (Å²) < 4.78 is 55.8. The van der Waals surface area contributed by atoms with Crippen LogP contribution >= 0.6 is 11.8 Å². The molecule has 0 bridgehead atoms. The molecule has 0 saturated heterocycles. The SMILES string of the molecule is O=C(CSc1ccccc1C(=O)Nc1cc(F)ccc1F)c1ccc(OC(F)F)cc1. The van der Waals surface area contributed by atoms with Crippen molar-refractivity contribution in [2.75, 3.05) is 11.1 Å². The molecule has 0 aliphatic carbocycles. The van der Waals surface area contributed by atoms with Crippen molar-refractivity contribution < 1.29 is 31.9 Å². The second kappa shape index (κ2) is 10.1. The molecule has 0 aliphatic rings. The van der Waals surface area contributed by atoms with Gasteiger partial charge in [0.1, 0.15) is 17.4 Å². The Hall–Kier alpha value is -3.33. The number of halogens is 4. The second-order valence-electron chi connectivity index (χ2n) is 6.19. The summed E-state index contributed by atoms with van der Waals surface area (Å²) in [5.41, 5.74) is 0.175. The number of anilines is 1. The molecule has 3 rings (SSSR count). The molecular formula is C22H15F4NO3S. The molecule has 160 valence electrons. The number of rotatable bonds is 8. The average molecular weight is 449 g/mol. The predicted octanol–water partition coefficient (Wildman–Crippen LogP) is 5.79. The fraction of sp³-hybridized carbons (Fsp3) is 0.0909. The fourth-order valence-electron chi connectivity index (χ4n) is 2.61. The number of hydrogen-bond acceptors (Lipinski definition) is 4. The van der Waals surface area contributed by atoms with Gasteiger partial charge in [-0.3, -0.25) is 9.59 Å². The van der Waals surface area contributed by atoms with Gasteiger partial charge >= 0.3 is 6.61 Å². The highest BCUT2D eigenvalue weighted by Crippen LogP contribution is 2.26. The highest BCUT2D eigenvalue weighted by atomic mass is 32.2. The first-order valence-corrected chi connectivity index (χ1v) is 9.88. The van der Waals surface area contributed by atoms with Gasteiger partial charge in [0.05, 0.1) is 17.0 Å². The number of carbonyl (C=O) groups excluding carboxylic acids is 2. The lowest BCUT2D eigenvalue weighted by atomic mass is 10.1. The zero-order chi connectivity index (χ0) is 22.4. The second-order valence-corrected chi connectivity index (χ2v) is 7.21. The van der Waals surface area contributed by atoms with Gasteiger partial charge < -0.3 is 10.1 Å². The van der Waals surface area contributed by atoms with Crippen LogP contribution in [0.15, 0.2) is 71.6 Å². The van der Waals surface area contributed by atoms with Crippen molar-refractivity contribution in [2.24, 2.45) is 0 Å². The highest BCUT2D eigenvalue weighted by Gasteiger charge is 2.16. The summed E-state index contributed by atoms with van der Waals surface area (Å²) in [4.78, 5) is 25.4. The molecule has 4 nitrogen and oxygen atoms in total. The molecular weight excluding hydrogens is 434 g/mol. The van der Waals surface area contributed by atoms with Gasteiger partial charge in [0.15, 0.2) is 5.78 Å². The van der Waals surface area contributed by atoms with Gasteiger partial charge in [-0.25, -0.2) is 8.78 Å². The maximum Gasteiger partial charge on any atom is 0.387 e. The van der Waals surface area contributed by atoms with Gasteiger partial charge in [0, 0.05) is 16.5 Å². The Kier molecular flexibility index (Phi) is 7.30. The molecule has 0 atom stereocenters. The topological polar surface area (TPSA) is 55.4 Å². The number of ketones is 1. The summed E-state index contributed by atoms with van der Waals surface area (Å²) in [7, 11) is 0. The highest BCUT2D eigenvalue weighted by molar-refractivity contribution is 8.00. The molecule has 9 heteroatoms. The number of benzene rings is 3. The van der Waals surface area contributed by atoms with Gasteiger partial charge in [-0.2, -0.15) is 8.78 Å². The van der Waals surface area contributed by atoms with E-state index in [4.69, 9.17) is 0 Å². The number of nitrogens with one attached hydrogen (secondary N) is 1. The number of thioether (sulfide) groups is 1. The van der Waals surface area contributed by atoms with Crippen LogP contribution in [0.3, 0.4) is 0 Å². The van der Waals surface area contributed by atoms with E-state index in [1.165, 1.54) is 30.3 Å². The molecule has 1 amide bonds. The molecule has 0 fully saturated rings. The summed E-state index contributed by atoms with van der Waals surface area (Å²) in [6, 6.07) is 14.4. The molecule has 1 N–H and O–H groups in total. The largest absolute Gasteiger partial charge is 0.435 e. The van der Waals surface area contributed by atoms with E-state index in [0.29, 0.717) is 4.90 Å². The first kappa shape index (κ1) is 22.4. The third kappa shape index (κ3) is 6.08. The standard InChI is InChI=1S/C22H15F4NO3S/c23-14-7-10-17(24)18(11-14)27-21(29)16-3-1-2-4-20(16)31-12-19(28)13-5-8-15(9-6-13)30-22(25)26/h1-11,22H,12H2,(H,27,29). The number of carbonyl (C=O) groups is 2. The summed E-state index contributed by atoms with van der Waals surface area (Å²) >= 11 is 1.08. The Balaban J connectivity index is 1.68. The van der Waals surface area contributed by atoms with Crippen molar-refractivity contribution in [1.82, 2.24) is 0 Å². The number of amides is 1. The van der Waals surface area contributed by atoms with E-state index in [-0.39, 0.29) is 34.1 Å². The third-order valence-corrected chi connectivity index (χ3v) is 5.14.